The summed E-state index contributed by atoms with van der Waals surface area (Å²) in [4.78, 5) is 10.9. The number of fused-ring (bicyclic) bond motifs is 1. The van der Waals surface area contributed by atoms with Crippen LogP contribution in [0, 0.1) is 0 Å². The van der Waals surface area contributed by atoms with Gasteiger partial charge in [0.25, 0.3) is 0 Å². The number of aromatic carboxylic acids is 1. The Labute approximate surface area is 93.3 Å². The van der Waals surface area contributed by atoms with Crippen molar-refractivity contribution in [2.75, 3.05) is 6.54 Å². The van der Waals surface area contributed by atoms with Crippen LogP contribution < -0.4 is 5.73 Å². The van der Waals surface area contributed by atoms with Gasteiger partial charge < -0.3 is 15.4 Å². The van der Waals surface area contributed by atoms with Crippen molar-refractivity contribution in [3.8, 4) is 0 Å². The van der Waals surface area contributed by atoms with Gasteiger partial charge >= 0.3 is 5.97 Å². The maximum atomic E-state index is 10.9. The van der Waals surface area contributed by atoms with E-state index >= 15 is 0 Å². The summed E-state index contributed by atoms with van der Waals surface area (Å²) in [5, 5.41) is 9.97. The van der Waals surface area contributed by atoms with E-state index in [-0.39, 0.29) is 0 Å². The molecule has 3 N–H and O–H groups in total. The largest absolute Gasteiger partial charge is 0.478 e. The van der Waals surface area contributed by atoms with Crippen LogP contribution >= 0.6 is 0 Å². The molecule has 16 heavy (non-hydrogen) atoms. The minimum Gasteiger partial charge on any atom is -0.478 e. The van der Waals surface area contributed by atoms with Gasteiger partial charge in [0.2, 0.25) is 0 Å². The fourth-order valence-electron chi connectivity index (χ4n) is 1.91. The molecule has 2 rings (SSSR count). The summed E-state index contributed by atoms with van der Waals surface area (Å²) >= 11 is 0. The summed E-state index contributed by atoms with van der Waals surface area (Å²) in [7, 11) is 1.93. The van der Waals surface area contributed by atoms with Crippen LogP contribution in [-0.4, -0.2) is 22.2 Å². The van der Waals surface area contributed by atoms with Crippen LogP contribution in [0.3, 0.4) is 0 Å². The molecule has 0 radical (unpaired) electrons. The van der Waals surface area contributed by atoms with Crippen molar-refractivity contribution < 1.29 is 9.90 Å². The highest BCUT2D eigenvalue weighted by Crippen LogP contribution is 2.20. The fourth-order valence-corrected chi connectivity index (χ4v) is 1.91. The number of benzene rings is 1. The lowest BCUT2D eigenvalue weighted by Gasteiger charge is -2.02. The second kappa shape index (κ2) is 3.98. The first-order valence-electron chi connectivity index (χ1n) is 5.15. The summed E-state index contributed by atoms with van der Waals surface area (Å²) in [5.41, 5.74) is 7.89. The van der Waals surface area contributed by atoms with E-state index in [9.17, 15) is 4.79 Å². The second-order valence-electron chi connectivity index (χ2n) is 3.81. The third-order valence-corrected chi connectivity index (χ3v) is 2.79. The van der Waals surface area contributed by atoms with Crippen molar-refractivity contribution >= 4 is 16.9 Å². The molecule has 0 aliphatic heterocycles. The first-order valence-corrected chi connectivity index (χ1v) is 5.15. The summed E-state index contributed by atoms with van der Waals surface area (Å²) in [6, 6.07) is 7.20. The van der Waals surface area contributed by atoms with Gasteiger partial charge in [-0.1, -0.05) is 6.07 Å². The van der Waals surface area contributed by atoms with Crippen molar-refractivity contribution in [3.63, 3.8) is 0 Å². The molecule has 4 heteroatoms. The van der Waals surface area contributed by atoms with Gasteiger partial charge in [0.1, 0.15) is 0 Å². The lowest BCUT2D eigenvalue weighted by molar-refractivity contribution is 0.0697. The summed E-state index contributed by atoms with van der Waals surface area (Å²) in [6.45, 7) is 0.593. The van der Waals surface area contributed by atoms with Crippen LogP contribution in [0.1, 0.15) is 16.1 Å². The minimum atomic E-state index is -0.900. The first kappa shape index (κ1) is 10.7. The number of aryl methyl sites for hydroxylation is 1. The first-order chi connectivity index (χ1) is 7.63. The zero-order valence-electron chi connectivity index (χ0n) is 9.10. The van der Waals surface area contributed by atoms with Gasteiger partial charge in [0, 0.05) is 18.3 Å². The van der Waals surface area contributed by atoms with Gasteiger partial charge in [-0.15, -0.1) is 0 Å². The van der Waals surface area contributed by atoms with E-state index in [0.717, 1.165) is 23.0 Å². The molecule has 0 aliphatic rings. The molecule has 1 heterocycles. The topological polar surface area (TPSA) is 68.2 Å². The van der Waals surface area contributed by atoms with Crippen molar-refractivity contribution in [2.24, 2.45) is 12.8 Å². The lowest BCUT2D eigenvalue weighted by Crippen LogP contribution is -2.06. The molecular formula is C12H14N2O2. The van der Waals surface area contributed by atoms with Crippen LogP contribution in [0.5, 0.6) is 0 Å². The highest BCUT2D eigenvalue weighted by molar-refractivity contribution is 5.93. The van der Waals surface area contributed by atoms with E-state index in [4.69, 9.17) is 10.8 Å². The van der Waals surface area contributed by atoms with Crippen molar-refractivity contribution in [1.29, 1.82) is 0 Å². The van der Waals surface area contributed by atoms with Gasteiger partial charge in [0.05, 0.1) is 5.56 Å². The maximum absolute atomic E-state index is 10.9. The number of hydrogen-bond donors (Lipinski definition) is 2. The normalized spacial score (nSPS) is 10.9. The molecule has 0 bridgehead atoms. The highest BCUT2D eigenvalue weighted by Gasteiger charge is 2.08. The Morgan fingerprint density at radius 2 is 2.19 bits per heavy atom. The summed E-state index contributed by atoms with van der Waals surface area (Å²) in [5.74, 6) is -0.900. The Morgan fingerprint density at radius 3 is 2.81 bits per heavy atom. The van der Waals surface area contributed by atoms with Crippen molar-refractivity contribution in [2.45, 2.75) is 6.42 Å². The molecule has 0 saturated heterocycles. The van der Waals surface area contributed by atoms with Crippen LogP contribution in [0.2, 0.25) is 0 Å². The number of nitrogens with zero attached hydrogens (tertiary/aromatic N) is 1. The number of carboxylic acids is 1. The van der Waals surface area contributed by atoms with E-state index in [0.29, 0.717) is 12.1 Å². The fraction of sp³-hybridized carbons (Fsp3) is 0.250. The van der Waals surface area contributed by atoms with Gasteiger partial charge in [-0.2, -0.15) is 0 Å². The molecule has 0 amide bonds. The molecule has 0 unspecified atom stereocenters. The van der Waals surface area contributed by atoms with E-state index in [1.165, 1.54) is 0 Å². The Kier molecular flexibility index (Phi) is 2.66. The smallest absolute Gasteiger partial charge is 0.335 e. The third kappa shape index (κ3) is 1.67. The van der Waals surface area contributed by atoms with Crippen LogP contribution in [0.4, 0.5) is 0 Å². The Bertz CT molecular complexity index is 543. The average Bonchev–Trinajstić information content (AvgIpc) is 2.56. The van der Waals surface area contributed by atoms with E-state index in [2.05, 4.69) is 0 Å². The number of carbonyl (C=O) groups is 1. The highest BCUT2D eigenvalue weighted by atomic mass is 16.4. The average molecular weight is 218 g/mol. The predicted molar refractivity (Wildman–Crippen MR) is 62.6 cm³/mol. The summed E-state index contributed by atoms with van der Waals surface area (Å²) in [6.07, 6.45) is 0.799. The van der Waals surface area contributed by atoms with Gasteiger partial charge in [-0.25, -0.2) is 4.79 Å². The standard InChI is InChI=1S/C12H14N2O2/c1-14-10(4-5-13)6-8-2-3-9(12(15)16)7-11(8)14/h2-3,6-7H,4-5,13H2,1H3,(H,15,16). The van der Waals surface area contributed by atoms with Crippen molar-refractivity contribution in [3.05, 3.63) is 35.5 Å². The SMILES string of the molecule is Cn1c(CCN)cc2ccc(C(=O)O)cc21. The Hall–Kier alpha value is -1.81. The van der Waals surface area contributed by atoms with Crippen LogP contribution in [0.25, 0.3) is 10.9 Å². The zero-order chi connectivity index (χ0) is 11.7. The molecule has 1 aromatic heterocycles. The van der Waals surface area contributed by atoms with Crippen LogP contribution in [-0.2, 0) is 13.5 Å². The molecule has 0 aliphatic carbocycles. The van der Waals surface area contributed by atoms with Crippen molar-refractivity contribution in [1.82, 2.24) is 4.57 Å². The van der Waals surface area contributed by atoms with Crippen LogP contribution in [0.15, 0.2) is 24.3 Å². The third-order valence-electron chi connectivity index (χ3n) is 2.79. The second-order valence-corrected chi connectivity index (χ2v) is 3.81. The molecule has 0 saturated carbocycles. The number of nitrogens with two attached hydrogens (primary N) is 1. The quantitative estimate of drug-likeness (QED) is 0.817. The summed E-state index contributed by atoms with van der Waals surface area (Å²) < 4.78 is 1.99. The van der Waals surface area contributed by atoms with E-state index in [1.807, 2.05) is 23.7 Å². The molecular weight excluding hydrogens is 204 g/mol. The number of carboxylic acid groups (broad SMARTS) is 1. The number of rotatable bonds is 3. The maximum Gasteiger partial charge on any atom is 0.335 e. The van der Waals surface area contributed by atoms with Gasteiger partial charge in [-0.05, 0) is 36.6 Å². The monoisotopic (exact) mass is 218 g/mol. The Morgan fingerprint density at radius 1 is 1.44 bits per heavy atom. The lowest BCUT2D eigenvalue weighted by atomic mass is 10.1. The number of hydrogen-bond acceptors (Lipinski definition) is 2. The number of aromatic nitrogens is 1. The predicted octanol–water partition coefficient (Wildman–Crippen LogP) is 1.38. The van der Waals surface area contributed by atoms with Gasteiger partial charge in [0.15, 0.2) is 0 Å². The molecule has 84 valence electrons. The Balaban J connectivity index is 2.59. The zero-order valence-corrected chi connectivity index (χ0v) is 9.10. The minimum absolute atomic E-state index is 0.313. The molecule has 0 fully saturated rings. The molecule has 2 aromatic rings. The van der Waals surface area contributed by atoms with E-state index in [1.54, 1.807) is 12.1 Å². The van der Waals surface area contributed by atoms with Gasteiger partial charge in [-0.3, -0.25) is 0 Å². The van der Waals surface area contributed by atoms with E-state index < -0.39 is 5.97 Å². The molecule has 0 spiro atoms. The molecule has 4 nitrogen and oxygen atoms in total. The molecule has 0 atom stereocenters. The molecule has 1 aromatic carbocycles.